The van der Waals surface area contributed by atoms with Gasteiger partial charge in [-0.1, -0.05) is 13.0 Å². The Hall–Kier alpha value is -0.900. The van der Waals surface area contributed by atoms with Gasteiger partial charge in [0, 0.05) is 6.42 Å². The van der Waals surface area contributed by atoms with Gasteiger partial charge in [-0.2, -0.15) is 0 Å². The van der Waals surface area contributed by atoms with Crippen molar-refractivity contribution in [3.63, 3.8) is 0 Å². The minimum atomic E-state index is -0.0272. The molecule has 0 aromatic carbocycles. The van der Waals surface area contributed by atoms with Gasteiger partial charge < -0.3 is 5.32 Å². The second-order valence-electron chi connectivity index (χ2n) is 2.25. The Morgan fingerprint density at radius 3 is 3.00 bits per heavy atom. The summed E-state index contributed by atoms with van der Waals surface area (Å²) in [4.78, 5) is 15.0. The van der Waals surface area contributed by atoms with Crippen molar-refractivity contribution in [2.75, 3.05) is 5.32 Å². The van der Waals surface area contributed by atoms with E-state index in [1.165, 1.54) is 0 Å². The zero-order valence-electron chi connectivity index (χ0n) is 6.67. The second kappa shape index (κ2) is 4.21. The molecule has 0 aliphatic heterocycles. The Morgan fingerprint density at radius 1 is 1.67 bits per heavy atom. The molecule has 0 spiro atoms. The Kier molecular flexibility index (Phi) is 3.22. The summed E-state index contributed by atoms with van der Waals surface area (Å²) in [5.41, 5.74) is 0. The number of aromatic nitrogens is 1. The molecule has 0 aliphatic rings. The fourth-order valence-electron chi connectivity index (χ4n) is 0.709. The molecule has 1 heterocycles. The van der Waals surface area contributed by atoms with Crippen molar-refractivity contribution in [2.24, 2.45) is 0 Å². The first-order chi connectivity index (χ1) is 5.72. The number of hydrogen-bond acceptors (Lipinski definition) is 2. The molecule has 12 heavy (non-hydrogen) atoms. The predicted molar refractivity (Wildman–Crippen MR) is 50.9 cm³/mol. The van der Waals surface area contributed by atoms with E-state index in [2.05, 4.69) is 26.2 Å². The van der Waals surface area contributed by atoms with Gasteiger partial charge in [0.1, 0.15) is 10.4 Å². The second-order valence-corrected chi connectivity index (χ2v) is 3.06. The van der Waals surface area contributed by atoms with E-state index < -0.39 is 0 Å². The van der Waals surface area contributed by atoms with Crippen LogP contribution >= 0.6 is 15.9 Å². The molecular weight excluding hydrogens is 220 g/mol. The lowest BCUT2D eigenvalue weighted by atomic mass is 10.4. The molecule has 1 N–H and O–H groups in total. The maximum absolute atomic E-state index is 10.9. The van der Waals surface area contributed by atoms with E-state index in [1.807, 2.05) is 12.1 Å². The minimum Gasteiger partial charge on any atom is -0.311 e. The quantitative estimate of drug-likeness (QED) is 0.789. The number of anilines is 1. The Balaban J connectivity index is 2.69. The maximum atomic E-state index is 10.9. The maximum Gasteiger partial charge on any atom is 0.225 e. The zero-order chi connectivity index (χ0) is 8.97. The SMILES string of the molecule is CCC(=O)Nc1cccc(Br)n1. The van der Waals surface area contributed by atoms with Gasteiger partial charge in [-0.25, -0.2) is 4.98 Å². The first kappa shape index (κ1) is 9.19. The van der Waals surface area contributed by atoms with Gasteiger partial charge in [-0.3, -0.25) is 4.79 Å². The van der Waals surface area contributed by atoms with E-state index in [-0.39, 0.29) is 5.91 Å². The molecule has 0 fully saturated rings. The van der Waals surface area contributed by atoms with Crippen LogP contribution in [0.3, 0.4) is 0 Å². The highest BCUT2D eigenvalue weighted by Crippen LogP contribution is 2.09. The number of rotatable bonds is 2. The van der Waals surface area contributed by atoms with Crippen molar-refractivity contribution in [1.29, 1.82) is 0 Å². The normalized spacial score (nSPS) is 9.50. The van der Waals surface area contributed by atoms with Crippen LogP contribution in [0.15, 0.2) is 22.8 Å². The van der Waals surface area contributed by atoms with Crippen LogP contribution in [0.4, 0.5) is 5.82 Å². The number of halogens is 1. The number of pyridine rings is 1. The molecule has 0 saturated heterocycles. The lowest BCUT2D eigenvalue weighted by Gasteiger charge is -2.01. The van der Waals surface area contributed by atoms with Crippen molar-refractivity contribution in [1.82, 2.24) is 4.98 Å². The van der Waals surface area contributed by atoms with Crippen LogP contribution in [0.25, 0.3) is 0 Å². The molecule has 1 aromatic heterocycles. The molecule has 1 rings (SSSR count). The number of carbonyl (C=O) groups excluding carboxylic acids is 1. The highest BCUT2D eigenvalue weighted by Gasteiger charge is 1.98. The smallest absolute Gasteiger partial charge is 0.225 e. The average molecular weight is 229 g/mol. The molecule has 4 heteroatoms. The zero-order valence-corrected chi connectivity index (χ0v) is 8.26. The van der Waals surface area contributed by atoms with E-state index in [0.717, 1.165) is 4.60 Å². The highest BCUT2D eigenvalue weighted by atomic mass is 79.9. The fraction of sp³-hybridized carbons (Fsp3) is 0.250. The first-order valence-electron chi connectivity index (χ1n) is 3.64. The third-order valence-electron chi connectivity index (χ3n) is 1.30. The summed E-state index contributed by atoms with van der Waals surface area (Å²) >= 11 is 3.21. The van der Waals surface area contributed by atoms with Gasteiger partial charge in [0.15, 0.2) is 0 Å². The molecule has 0 bridgehead atoms. The molecular formula is C8H9BrN2O. The summed E-state index contributed by atoms with van der Waals surface area (Å²) in [5.74, 6) is 0.553. The molecule has 0 aliphatic carbocycles. The molecule has 3 nitrogen and oxygen atoms in total. The van der Waals surface area contributed by atoms with Gasteiger partial charge in [-0.05, 0) is 28.1 Å². The third-order valence-corrected chi connectivity index (χ3v) is 1.75. The molecule has 0 unspecified atom stereocenters. The molecule has 0 radical (unpaired) electrons. The van der Waals surface area contributed by atoms with Crippen molar-refractivity contribution in [3.05, 3.63) is 22.8 Å². The first-order valence-corrected chi connectivity index (χ1v) is 4.44. The van der Waals surface area contributed by atoms with Crippen molar-refractivity contribution in [2.45, 2.75) is 13.3 Å². The topological polar surface area (TPSA) is 42.0 Å². The van der Waals surface area contributed by atoms with Crippen LogP contribution in [0, 0.1) is 0 Å². The van der Waals surface area contributed by atoms with Gasteiger partial charge >= 0.3 is 0 Å². The van der Waals surface area contributed by atoms with Crippen molar-refractivity contribution < 1.29 is 4.79 Å². The van der Waals surface area contributed by atoms with Gasteiger partial charge in [0.2, 0.25) is 5.91 Å². The lowest BCUT2D eigenvalue weighted by Crippen LogP contribution is -2.10. The van der Waals surface area contributed by atoms with Crippen LogP contribution in [-0.4, -0.2) is 10.9 Å². The van der Waals surface area contributed by atoms with E-state index in [0.29, 0.717) is 12.2 Å². The van der Waals surface area contributed by atoms with Crippen LogP contribution in [0.5, 0.6) is 0 Å². The third kappa shape index (κ3) is 2.62. The monoisotopic (exact) mass is 228 g/mol. The predicted octanol–water partition coefficient (Wildman–Crippen LogP) is 2.19. The number of carbonyl (C=O) groups is 1. The number of hydrogen-bond donors (Lipinski definition) is 1. The van der Waals surface area contributed by atoms with Gasteiger partial charge in [-0.15, -0.1) is 0 Å². The van der Waals surface area contributed by atoms with Gasteiger partial charge in [0.25, 0.3) is 0 Å². The van der Waals surface area contributed by atoms with E-state index in [9.17, 15) is 4.79 Å². The highest BCUT2D eigenvalue weighted by molar-refractivity contribution is 9.10. The van der Waals surface area contributed by atoms with Gasteiger partial charge in [0.05, 0.1) is 0 Å². The van der Waals surface area contributed by atoms with Crippen LogP contribution in [0.1, 0.15) is 13.3 Å². The van der Waals surface area contributed by atoms with E-state index in [1.54, 1.807) is 13.0 Å². The van der Waals surface area contributed by atoms with Crippen LogP contribution < -0.4 is 5.32 Å². The minimum absolute atomic E-state index is 0.0272. The van der Waals surface area contributed by atoms with E-state index in [4.69, 9.17) is 0 Å². The molecule has 0 saturated carbocycles. The molecule has 64 valence electrons. The summed E-state index contributed by atoms with van der Waals surface area (Å²) in [6.07, 6.45) is 0.466. The summed E-state index contributed by atoms with van der Waals surface area (Å²) in [6.45, 7) is 1.80. The largest absolute Gasteiger partial charge is 0.311 e. The summed E-state index contributed by atoms with van der Waals surface area (Å²) < 4.78 is 0.719. The summed E-state index contributed by atoms with van der Waals surface area (Å²) in [6, 6.07) is 5.38. The standard InChI is InChI=1S/C8H9BrN2O/c1-2-8(12)11-7-5-3-4-6(9)10-7/h3-5H,2H2,1H3,(H,10,11,12). The molecule has 1 amide bonds. The summed E-state index contributed by atoms with van der Waals surface area (Å²) in [5, 5.41) is 2.65. The Labute approximate surface area is 79.3 Å². The van der Waals surface area contributed by atoms with Crippen molar-refractivity contribution in [3.8, 4) is 0 Å². The number of nitrogens with one attached hydrogen (secondary N) is 1. The van der Waals surface area contributed by atoms with Crippen LogP contribution in [0.2, 0.25) is 0 Å². The summed E-state index contributed by atoms with van der Waals surface area (Å²) in [7, 11) is 0. The average Bonchev–Trinajstić information content (AvgIpc) is 2.04. The van der Waals surface area contributed by atoms with Crippen LogP contribution in [-0.2, 0) is 4.79 Å². The number of amides is 1. The molecule has 0 atom stereocenters. The Morgan fingerprint density at radius 2 is 2.42 bits per heavy atom. The number of nitrogens with zero attached hydrogens (tertiary/aromatic N) is 1. The Bertz CT molecular complexity index is 288. The van der Waals surface area contributed by atoms with Crippen molar-refractivity contribution >= 4 is 27.7 Å². The fourth-order valence-corrected chi connectivity index (χ4v) is 1.05. The lowest BCUT2D eigenvalue weighted by molar-refractivity contribution is -0.115. The van der Waals surface area contributed by atoms with E-state index >= 15 is 0 Å². The molecule has 1 aromatic rings.